The minimum Gasteiger partial charge on any atom is -0.298 e. The van der Waals surface area contributed by atoms with E-state index in [-0.39, 0.29) is 0 Å². The second kappa shape index (κ2) is 9.05. The zero-order valence-corrected chi connectivity index (χ0v) is 18.1. The third-order valence-electron chi connectivity index (χ3n) is 6.12. The van der Waals surface area contributed by atoms with E-state index in [0.29, 0.717) is 11.1 Å². The molecule has 0 spiro atoms. The molecule has 4 aromatic carbocycles. The highest BCUT2D eigenvalue weighted by molar-refractivity contribution is 6.27. The molecule has 5 rings (SSSR count). The number of allylic oxidation sites excluding steroid dienone is 4. The zero-order valence-electron chi connectivity index (χ0n) is 18.1. The molecule has 2 nitrogen and oxygen atoms in total. The van der Waals surface area contributed by atoms with E-state index in [2.05, 4.69) is 48.5 Å². The number of hydrogen-bond acceptors (Lipinski definition) is 2. The van der Waals surface area contributed by atoms with E-state index in [9.17, 15) is 9.59 Å². The van der Waals surface area contributed by atoms with Crippen LogP contribution in [0.3, 0.4) is 0 Å². The largest absolute Gasteiger partial charge is 0.298 e. The number of carbonyl (C=O) groups excluding carboxylic acids is 2. The van der Waals surface area contributed by atoms with Gasteiger partial charge in [0.25, 0.3) is 0 Å². The zero-order chi connectivity index (χ0) is 22.6. The van der Waals surface area contributed by atoms with Crippen LogP contribution < -0.4 is 0 Å². The topological polar surface area (TPSA) is 34.1 Å². The lowest BCUT2D eigenvalue weighted by Crippen LogP contribution is -1.92. The molecular weight excluding hydrogens is 404 g/mol. The molecule has 0 fully saturated rings. The van der Waals surface area contributed by atoms with Crippen LogP contribution in [0.5, 0.6) is 0 Å². The minimum atomic E-state index is 0.666. The first-order valence-corrected chi connectivity index (χ1v) is 11.0. The fourth-order valence-corrected chi connectivity index (χ4v) is 4.52. The molecule has 1 aliphatic carbocycles. The van der Waals surface area contributed by atoms with Crippen LogP contribution in [0.1, 0.15) is 49.4 Å². The molecule has 0 aliphatic heterocycles. The summed E-state index contributed by atoms with van der Waals surface area (Å²) in [6, 6.07) is 36.5. The van der Waals surface area contributed by atoms with E-state index in [4.69, 9.17) is 0 Å². The second-order valence-corrected chi connectivity index (χ2v) is 8.10. The number of rotatable bonds is 6. The smallest absolute Gasteiger partial charge is 0.150 e. The Morgan fingerprint density at radius 1 is 0.424 bits per heavy atom. The summed E-state index contributed by atoms with van der Waals surface area (Å²) in [4.78, 5) is 22.4. The summed E-state index contributed by atoms with van der Waals surface area (Å²) in [7, 11) is 0. The molecule has 0 N–H and O–H groups in total. The van der Waals surface area contributed by atoms with Crippen LogP contribution in [0.2, 0.25) is 0 Å². The van der Waals surface area contributed by atoms with Crippen LogP contribution in [-0.2, 0) is 0 Å². The highest BCUT2D eigenvalue weighted by atomic mass is 16.1. The van der Waals surface area contributed by atoms with Crippen LogP contribution in [0.4, 0.5) is 0 Å². The van der Waals surface area contributed by atoms with Crippen LogP contribution in [0.25, 0.3) is 22.3 Å². The molecule has 0 radical (unpaired) electrons. The maximum absolute atomic E-state index is 11.2. The van der Waals surface area contributed by atoms with E-state index in [1.165, 1.54) is 22.3 Å². The van der Waals surface area contributed by atoms with Gasteiger partial charge in [-0.25, -0.2) is 0 Å². The molecule has 4 aromatic rings. The third kappa shape index (κ3) is 3.99. The van der Waals surface area contributed by atoms with Gasteiger partial charge in [0.2, 0.25) is 0 Å². The van der Waals surface area contributed by atoms with Crippen molar-refractivity contribution < 1.29 is 9.59 Å². The van der Waals surface area contributed by atoms with E-state index in [1.807, 2.05) is 60.7 Å². The number of benzene rings is 4. The predicted octanol–water partition coefficient (Wildman–Crippen LogP) is 7.24. The fraction of sp³-hybridized carbons (Fsp3) is 0.0323. The van der Waals surface area contributed by atoms with Crippen molar-refractivity contribution in [3.8, 4) is 0 Å². The van der Waals surface area contributed by atoms with Crippen LogP contribution in [0.15, 0.2) is 109 Å². The average molecular weight is 427 g/mol. The molecule has 158 valence electrons. The van der Waals surface area contributed by atoms with Crippen LogP contribution >= 0.6 is 0 Å². The molecule has 0 heterocycles. The Morgan fingerprint density at radius 2 is 0.788 bits per heavy atom. The summed E-state index contributed by atoms with van der Waals surface area (Å²) in [6.45, 7) is 0. The summed E-state index contributed by atoms with van der Waals surface area (Å²) in [5.74, 6) is 0. The SMILES string of the molecule is O=Cc1ccc(C2=C(c3ccccc3)C(c3ccccc3)=C(c3ccc(C=O)cc3)C2)cc1. The van der Waals surface area contributed by atoms with Crippen molar-refractivity contribution in [1.82, 2.24) is 0 Å². The highest BCUT2D eigenvalue weighted by Crippen LogP contribution is 2.51. The first-order chi connectivity index (χ1) is 16.3. The van der Waals surface area contributed by atoms with Gasteiger partial charge in [0.15, 0.2) is 0 Å². The number of aldehydes is 2. The van der Waals surface area contributed by atoms with Gasteiger partial charge in [-0.2, -0.15) is 0 Å². The molecule has 0 saturated carbocycles. The summed E-state index contributed by atoms with van der Waals surface area (Å²) in [5, 5.41) is 0. The van der Waals surface area contributed by atoms with Gasteiger partial charge in [0, 0.05) is 11.1 Å². The lowest BCUT2D eigenvalue weighted by Gasteiger charge is -2.14. The van der Waals surface area contributed by atoms with E-state index in [0.717, 1.165) is 41.2 Å². The Labute approximate surface area is 193 Å². The molecular formula is C31H22O2. The van der Waals surface area contributed by atoms with Gasteiger partial charge in [0.1, 0.15) is 12.6 Å². The van der Waals surface area contributed by atoms with Crippen molar-refractivity contribution >= 4 is 34.9 Å². The quantitative estimate of drug-likeness (QED) is 0.305. The van der Waals surface area contributed by atoms with Gasteiger partial charge in [0.05, 0.1) is 0 Å². The summed E-state index contributed by atoms with van der Waals surface area (Å²) < 4.78 is 0. The van der Waals surface area contributed by atoms with Crippen molar-refractivity contribution in [1.29, 1.82) is 0 Å². The molecule has 0 atom stereocenters. The molecule has 1 aliphatic rings. The van der Waals surface area contributed by atoms with Crippen molar-refractivity contribution in [3.05, 3.63) is 143 Å². The Bertz CT molecular complexity index is 1250. The molecule has 0 saturated heterocycles. The standard InChI is InChI=1S/C31H22O2/c32-20-22-11-15-24(16-12-22)28-19-29(25-17-13-23(21-33)14-18-25)31(27-9-5-2-6-10-27)30(28)26-7-3-1-4-8-26/h1-18,20-21H,19H2. The number of hydrogen-bond donors (Lipinski definition) is 0. The third-order valence-corrected chi connectivity index (χ3v) is 6.12. The molecule has 2 heteroatoms. The lowest BCUT2D eigenvalue weighted by molar-refractivity contribution is 0.111. The summed E-state index contributed by atoms with van der Waals surface area (Å²) in [6.07, 6.45) is 2.51. The van der Waals surface area contributed by atoms with Crippen molar-refractivity contribution in [3.63, 3.8) is 0 Å². The monoisotopic (exact) mass is 426 g/mol. The van der Waals surface area contributed by atoms with Gasteiger partial charge in [-0.05, 0) is 51.0 Å². The van der Waals surface area contributed by atoms with E-state index < -0.39 is 0 Å². The first kappa shape index (κ1) is 20.6. The van der Waals surface area contributed by atoms with Gasteiger partial charge >= 0.3 is 0 Å². The molecule has 0 amide bonds. The van der Waals surface area contributed by atoms with Crippen molar-refractivity contribution in [2.75, 3.05) is 0 Å². The average Bonchev–Trinajstić information content (AvgIpc) is 3.30. The predicted molar refractivity (Wildman–Crippen MR) is 135 cm³/mol. The van der Waals surface area contributed by atoms with Crippen molar-refractivity contribution in [2.24, 2.45) is 0 Å². The normalized spacial score (nSPS) is 13.3. The van der Waals surface area contributed by atoms with E-state index >= 15 is 0 Å². The molecule has 0 aromatic heterocycles. The van der Waals surface area contributed by atoms with Gasteiger partial charge in [-0.1, -0.05) is 109 Å². The molecule has 33 heavy (non-hydrogen) atoms. The first-order valence-electron chi connectivity index (χ1n) is 11.0. The Kier molecular flexibility index (Phi) is 5.65. The maximum atomic E-state index is 11.2. The van der Waals surface area contributed by atoms with Gasteiger partial charge in [-0.3, -0.25) is 9.59 Å². The summed E-state index contributed by atoms with van der Waals surface area (Å²) >= 11 is 0. The second-order valence-electron chi connectivity index (χ2n) is 8.10. The van der Waals surface area contributed by atoms with Gasteiger partial charge < -0.3 is 0 Å². The fourth-order valence-electron chi connectivity index (χ4n) is 4.52. The molecule has 0 bridgehead atoms. The summed E-state index contributed by atoms with van der Waals surface area (Å²) in [5.41, 5.74) is 10.7. The van der Waals surface area contributed by atoms with Crippen molar-refractivity contribution in [2.45, 2.75) is 6.42 Å². The lowest BCUT2D eigenvalue weighted by atomic mass is 9.89. The molecule has 0 unspecified atom stereocenters. The Hall–Kier alpha value is -4.30. The number of carbonyl (C=O) groups is 2. The van der Waals surface area contributed by atoms with Gasteiger partial charge in [-0.15, -0.1) is 0 Å². The van der Waals surface area contributed by atoms with Crippen LogP contribution in [0, 0.1) is 0 Å². The Balaban J connectivity index is 1.77. The Morgan fingerprint density at radius 3 is 1.12 bits per heavy atom. The highest BCUT2D eigenvalue weighted by Gasteiger charge is 2.28. The minimum absolute atomic E-state index is 0.666. The maximum Gasteiger partial charge on any atom is 0.150 e. The van der Waals surface area contributed by atoms with Crippen LogP contribution in [-0.4, -0.2) is 12.6 Å². The van der Waals surface area contributed by atoms with E-state index in [1.54, 1.807) is 0 Å².